The molecule has 142 valence electrons. The Morgan fingerprint density at radius 2 is 1.86 bits per heavy atom. The Hall–Kier alpha value is -3.25. The quantitative estimate of drug-likeness (QED) is 0.478. The predicted octanol–water partition coefficient (Wildman–Crippen LogP) is 4.12. The van der Waals surface area contributed by atoms with E-state index >= 15 is 0 Å². The van der Waals surface area contributed by atoms with Crippen LogP contribution in [0.15, 0.2) is 69.8 Å². The van der Waals surface area contributed by atoms with Crippen LogP contribution in [0.2, 0.25) is 5.02 Å². The number of hydrogen-bond acceptors (Lipinski definition) is 4. The summed E-state index contributed by atoms with van der Waals surface area (Å²) in [5, 5.41) is 10.5. The van der Waals surface area contributed by atoms with Crippen molar-refractivity contribution in [2.24, 2.45) is 9.98 Å². The molecular formula is C21H17ClN2O4. The van der Waals surface area contributed by atoms with E-state index in [9.17, 15) is 14.7 Å². The van der Waals surface area contributed by atoms with E-state index in [-0.39, 0.29) is 29.5 Å². The van der Waals surface area contributed by atoms with Crippen molar-refractivity contribution in [1.29, 1.82) is 0 Å². The van der Waals surface area contributed by atoms with E-state index in [2.05, 4.69) is 9.98 Å². The number of rotatable bonds is 4. The molecule has 3 rings (SSSR count). The number of aliphatic imine (C=N–C) groups is 2. The number of carbonyl (C=O) groups is 2. The van der Waals surface area contributed by atoms with Gasteiger partial charge in [-0.15, -0.1) is 0 Å². The van der Waals surface area contributed by atoms with Gasteiger partial charge in [0, 0.05) is 21.7 Å². The molecule has 1 amide bonds. The molecule has 1 aliphatic heterocycles. The lowest BCUT2D eigenvalue weighted by molar-refractivity contribution is -0.138. The first-order valence-electron chi connectivity index (χ1n) is 8.56. The van der Waals surface area contributed by atoms with E-state index in [4.69, 9.17) is 16.3 Å². The van der Waals surface area contributed by atoms with Crippen molar-refractivity contribution in [3.8, 4) is 0 Å². The minimum Gasteiger partial charge on any atom is -0.512 e. The van der Waals surface area contributed by atoms with Gasteiger partial charge in [0.2, 0.25) is 0 Å². The maximum Gasteiger partial charge on any atom is 0.343 e. The number of fused-ring (bicyclic) bond motifs is 1. The van der Waals surface area contributed by atoms with Crippen molar-refractivity contribution in [3.05, 3.63) is 81.6 Å². The molecule has 0 saturated carbocycles. The van der Waals surface area contributed by atoms with Crippen LogP contribution in [0.25, 0.3) is 0 Å². The molecule has 2 aromatic rings. The third-order valence-corrected chi connectivity index (χ3v) is 4.23. The normalized spacial score (nSPS) is 15.0. The molecule has 7 heteroatoms. The first-order valence-corrected chi connectivity index (χ1v) is 8.94. The molecule has 1 N–H and O–H groups in total. The van der Waals surface area contributed by atoms with Crippen molar-refractivity contribution in [2.75, 3.05) is 6.61 Å². The molecule has 6 nitrogen and oxygen atoms in total. The van der Waals surface area contributed by atoms with Crippen LogP contribution in [0.4, 0.5) is 0 Å². The van der Waals surface area contributed by atoms with Gasteiger partial charge in [-0.05, 0) is 32.0 Å². The minimum absolute atomic E-state index is 0.0605. The van der Waals surface area contributed by atoms with Gasteiger partial charge >= 0.3 is 5.97 Å². The Bertz CT molecular complexity index is 1050. The number of carbonyl (C=O) groups excluding carboxylic acids is 2. The second-order valence-electron chi connectivity index (χ2n) is 5.94. The van der Waals surface area contributed by atoms with Crippen LogP contribution in [-0.4, -0.2) is 35.1 Å². The number of nitrogens with zero attached hydrogens (tertiary/aromatic N) is 2. The summed E-state index contributed by atoms with van der Waals surface area (Å²) in [4.78, 5) is 33.3. The number of amides is 1. The molecule has 0 aromatic heterocycles. The summed E-state index contributed by atoms with van der Waals surface area (Å²) >= 11 is 5.94. The van der Waals surface area contributed by atoms with Gasteiger partial charge in [-0.1, -0.05) is 41.9 Å². The van der Waals surface area contributed by atoms with Gasteiger partial charge in [-0.25, -0.2) is 9.79 Å². The Morgan fingerprint density at radius 3 is 2.50 bits per heavy atom. The second-order valence-corrected chi connectivity index (χ2v) is 6.37. The average molecular weight is 397 g/mol. The van der Waals surface area contributed by atoms with Crippen molar-refractivity contribution >= 4 is 35.0 Å². The van der Waals surface area contributed by atoms with Gasteiger partial charge in [0.25, 0.3) is 5.91 Å². The summed E-state index contributed by atoms with van der Waals surface area (Å²) in [6, 6.07) is 13.5. The highest BCUT2D eigenvalue weighted by Gasteiger charge is 2.30. The number of aliphatic hydroxyl groups is 1. The Balaban J connectivity index is 2.10. The van der Waals surface area contributed by atoms with Gasteiger partial charge in [0.15, 0.2) is 5.84 Å². The predicted molar refractivity (Wildman–Crippen MR) is 107 cm³/mol. The van der Waals surface area contributed by atoms with E-state index in [0.717, 1.165) is 0 Å². The number of aliphatic hydroxyl groups excluding tert-OH is 1. The zero-order chi connectivity index (χ0) is 20.3. The molecule has 0 radical (unpaired) electrons. The van der Waals surface area contributed by atoms with E-state index in [1.54, 1.807) is 49.4 Å². The second kappa shape index (κ2) is 8.19. The molecule has 1 aliphatic rings. The Morgan fingerprint density at radius 1 is 1.14 bits per heavy atom. The molecule has 0 unspecified atom stereocenters. The van der Waals surface area contributed by atoms with Crippen LogP contribution in [0.1, 0.15) is 35.3 Å². The van der Waals surface area contributed by atoms with Gasteiger partial charge < -0.3 is 9.84 Å². The van der Waals surface area contributed by atoms with E-state index in [1.165, 1.54) is 13.0 Å². The highest BCUT2D eigenvalue weighted by Crippen LogP contribution is 2.26. The third kappa shape index (κ3) is 3.87. The fourth-order valence-corrected chi connectivity index (χ4v) is 2.98. The first kappa shape index (κ1) is 19.5. The molecule has 0 bridgehead atoms. The van der Waals surface area contributed by atoms with Crippen LogP contribution >= 0.6 is 11.6 Å². The summed E-state index contributed by atoms with van der Waals surface area (Å²) in [7, 11) is 0. The van der Waals surface area contributed by atoms with Crippen molar-refractivity contribution in [2.45, 2.75) is 13.8 Å². The number of hydrogen-bond donors (Lipinski definition) is 1. The van der Waals surface area contributed by atoms with Crippen LogP contribution in [0.5, 0.6) is 0 Å². The standard InChI is InChI=1S/C21H17ClN2O4/c1-3-28-21(27)17(12(2)25)18-15-9-4-5-10-16(15)19(23-18)24-20(26)13-7-6-8-14(22)11-13/h4-11,25H,3H2,1-2H3/b17-12+,24-19?. The highest BCUT2D eigenvalue weighted by molar-refractivity contribution is 6.36. The SMILES string of the molecule is CCOC(=O)/C(C1=NC(=NC(=O)c2cccc(Cl)c2)c2ccccc21)=C(\C)O. The molecule has 2 aromatic carbocycles. The largest absolute Gasteiger partial charge is 0.512 e. The summed E-state index contributed by atoms with van der Waals surface area (Å²) in [6.45, 7) is 3.20. The number of benzene rings is 2. The molecule has 0 atom stereocenters. The molecule has 28 heavy (non-hydrogen) atoms. The lowest BCUT2D eigenvalue weighted by Crippen LogP contribution is -2.18. The molecular weight excluding hydrogens is 380 g/mol. The fourth-order valence-electron chi connectivity index (χ4n) is 2.79. The van der Waals surface area contributed by atoms with E-state index in [1.807, 2.05) is 0 Å². The maximum atomic E-state index is 12.5. The van der Waals surface area contributed by atoms with E-state index in [0.29, 0.717) is 21.7 Å². The van der Waals surface area contributed by atoms with Crippen LogP contribution in [-0.2, 0) is 9.53 Å². The highest BCUT2D eigenvalue weighted by atomic mass is 35.5. The van der Waals surface area contributed by atoms with Gasteiger partial charge in [-0.2, -0.15) is 4.99 Å². The molecule has 0 fully saturated rings. The lowest BCUT2D eigenvalue weighted by Gasteiger charge is -2.08. The summed E-state index contributed by atoms with van der Waals surface area (Å²) < 4.78 is 5.03. The number of ether oxygens (including phenoxy) is 1. The molecule has 0 spiro atoms. The zero-order valence-electron chi connectivity index (χ0n) is 15.3. The summed E-state index contributed by atoms with van der Waals surface area (Å²) in [5.41, 5.74) is 1.63. The monoisotopic (exact) mass is 396 g/mol. The number of amidine groups is 1. The Kier molecular flexibility index (Phi) is 5.70. The minimum atomic E-state index is -0.696. The molecule has 0 aliphatic carbocycles. The van der Waals surface area contributed by atoms with Crippen molar-refractivity contribution < 1.29 is 19.4 Å². The van der Waals surface area contributed by atoms with Gasteiger partial charge in [0.1, 0.15) is 11.3 Å². The fraction of sp³-hybridized carbons (Fsp3) is 0.143. The topological polar surface area (TPSA) is 88.3 Å². The van der Waals surface area contributed by atoms with Crippen molar-refractivity contribution in [1.82, 2.24) is 0 Å². The first-order chi connectivity index (χ1) is 13.4. The summed E-state index contributed by atoms with van der Waals surface area (Å²) in [6.07, 6.45) is 0. The number of allylic oxidation sites excluding steroid dienone is 1. The number of esters is 1. The maximum absolute atomic E-state index is 12.5. The molecule has 0 saturated heterocycles. The molecule has 1 heterocycles. The van der Waals surface area contributed by atoms with Crippen LogP contribution < -0.4 is 0 Å². The smallest absolute Gasteiger partial charge is 0.343 e. The zero-order valence-corrected chi connectivity index (χ0v) is 16.0. The van der Waals surface area contributed by atoms with Gasteiger partial charge in [-0.3, -0.25) is 4.79 Å². The summed E-state index contributed by atoms with van der Waals surface area (Å²) in [5.74, 6) is -1.29. The van der Waals surface area contributed by atoms with Crippen LogP contribution in [0, 0.1) is 0 Å². The lowest BCUT2D eigenvalue weighted by atomic mass is 9.99. The average Bonchev–Trinajstić information content (AvgIpc) is 3.00. The Labute approximate surface area is 166 Å². The number of halogens is 1. The van der Waals surface area contributed by atoms with Gasteiger partial charge in [0.05, 0.1) is 12.3 Å². The third-order valence-electron chi connectivity index (χ3n) is 4.00. The van der Waals surface area contributed by atoms with E-state index < -0.39 is 11.9 Å². The van der Waals surface area contributed by atoms with Crippen molar-refractivity contribution in [3.63, 3.8) is 0 Å². The van der Waals surface area contributed by atoms with Crippen LogP contribution in [0.3, 0.4) is 0 Å².